The van der Waals surface area contributed by atoms with Gasteiger partial charge in [0.25, 0.3) is 0 Å². The molecule has 1 aromatic heterocycles. The molecule has 0 radical (unpaired) electrons. The van der Waals surface area contributed by atoms with Crippen molar-refractivity contribution >= 4 is 5.97 Å². The second kappa shape index (κ2) is 8.24. The number of carboxylic acids is 1. The highest BCUT2D eigenvalue weighted by atomic mass is 16.5. The molecule has 0 aliphatic carbocycles. The summed E-state index contributed by atoms with van der Waals surface area (Å²) in [6.07, 6.45) is 3.98. The van der Waals surface area contributed by atoms with Gasteiger partial charge in [-0.15, -0.1) is 0 Å². The number of benzene rings is 1. The van der Waals surface area contributed by atoms with E-state index in [2.05, 4.69) is 16.2 Å². The summed E-state index contributed by atoms with van der Waals surface area (Å²) < 4.78 is 7.66. The normalized spacial score (nSPS) is 18.6. The molecule has 1 aromatic carbocycles. The molecule has 1 fully saturated rings. The van der Waals surface area contributed by atoms with E-state index in [9.17, 15) is 4.79 Å². The molecule has 0 amide bonds. The van der Waals surface area contributed by atoms with Crippen LogP contribution in [0.1, 0.15) is 5.56 Å². The van der Waals surface area contributed by atoms with Crippen LogP contribution in [0.15, 0.2) is 42.7 Å². The van der Waals surface area contributed by atoms with Crippen LogP contribution in [0.3, 0.4) is 0 Å². The summed E-state index contributed by atoms with van der Waals surface area (Å²) in [4.78, 5) is 14.9. The molecule has 134 valence electrons. The first kappa shape index (κ1) is 17.6. The number of aliphatic carboxylic acids is 1. The molecule has 1 atom stereocenters. The fourth-order valence-corrected chi connectivity index (χ4v) is 3.10. The van der Waals surface area contributed by atoms with Crippen molar-refractivity contribution in [1.29, 1.82) is 0 Å². The van der Waals surface area contributed by atoms with E-state index in [4.69, 9.17) is 9.84 Å². The van der Waals surface area contributed by atoms with Gasteiger partial charge in [-0.05, 0) is 19.2 Å². The average Bonchev–Trinajstić information content (AvgIpc) is 3.03. The van der Waals surface area contributed by atoms with Crippen LogP contribution in [0.2, 0.25) is 0 Å². The minimum Gasteiger partial charge on any atom is -0.480 e. The van der Waals surface area contributed by atoms with Gasteiger partial charge in [-0.1, -0.05) is 18.2 Å². The molecule has 0 spiro atoms. The summed E-state index contributed by atoms with van der Waals surface area (Å²) in [5.41, 5.74) is 2.20. The highest BCUT2D eigenvalue weighted by Crippen LogP contribution is 2.13. The molecule has 1 aliphatic heterocycles. The molecule has 2 heterocycles. The van der Waals surface area contributed by atoms with Crippen molar-refractivity contribution in [2.45, 2.75) is 12.6 Å². The Labute approximate surface area is 147 Å². The van der Waals surface area contributed by atoms with Crippen LogP contribution in [0, 0.1) is 0 Å². The van der Waals surface area contributed by atoms with Crippen molar-refractivity contribution in [3.05, 3.63) is 48.3 Å². The minimum absolute atomic E-state index is 0.0299. The summed E-state index contributed by atoms with van der Waals surface area (Å²) in [5, 5.41) is 13.3. The van der Waals surface area contributed by atoms with E-state index in [1.165, 1.54) is 0 Å². The Morgan fingerprint density at radius 1 is 1.40 bits per heavy atom. The van der Waals surface area contributed by atoms with E-state index >= 15 is 0 Å². The van der Waals surface area contributed by atoms with E-state index in [1.54, 1.807) is 11.9 Å². The number of rotatable bonds is 7. The van der Waals surface area contributed by atoms with E-state index in [0.29, 0.717) is 13.2 Å². The minimum atomic E-state index is -0.816. The molecule has 1 unspecified atom stereocenters. The van der Waals surface area contributed by atoms with E-state index in [-0.39, 0.29) is 12.6 Å². The number of aromatic nitrogens is 2. The molecular weight excluding hydrogens is 320 g/mol. The molecule has 0 saturated carbocycles. The van der Waals surface area contributed by atoms with E-state index in [0.717, 1.165) is 30.9 Å². The second-order valence-corrected chi connectivity index (χ2v) is 6.45. The van der Waals surface area contributed by atoms with Gasteiger partial charge >= 0.3 is 5.97 Å². The lowest BCUT2D eigenvalue weighted by Gasteiger charge is -2.34. The molecule has 1 N–H and O–H groups in total. The van der Waals surface area contributed by atoms with Crippen LogP contribution >= 0.6 is 0 Å². The Morgan fingerprint density at radius 3 is 2.96 bits per heavy atom. The highest BCUT2D eigenvalue weighted by Gasteiger charge is 2.22. The lowest BCUT2D eigenvalue weighted by Crippen LogP contribution is -2.47. The molecule has 7 nitrogen and oxygen atoms in total. The third-order valence-electron chi connectivity index (χ3n) is 4.21. The average molecular weight is 344 g/mol. The predicted octanol–water partition coefficient (Wildman–Crippen LogP) is 1.09. The number of likely N-dealkylation sites (N-methyl/N-ethyl adjacent to an activating group) is 1. The third-order valence-corrected chi connectivity index (χ3v) is 4.21. The SMILES string of the molecule is CN(CC(=O)O)CC1CN(Cc2cnn(-c3ccccc3)c2)CCO1. The molecule has 1 saturated heterocycles. The molecule has 0 bridgehead atoms. The first-order valence-electron chi connectivity index (χ1n) is 8.43. The molecule has 1 aliphatic rings. The van der Waals surface area contributed by atoms with Crippen molar-refractivity contribution in [2.75, 3.05) is 39.8 Å². The van der Waals surface area contributed by atoms with Crippen molar-refractivity contribution in [1.82, 2.24) is 19.6 Å². The Bertz CT molecular complexity index is 689. The van der Waals surface area contributed by atoms with Gasteiger partial charge in [0.2, 0.25) is 0 Å². The van der Waals surface area contributed by atoms with Crippen molar-refractivity contribution in [2.24, 2.45) is 0 Å². The first-order chi connectivity index (χ1) is 12.1. The van der Waals surface area contributed by atoms with E-state index in [1.807, 2.05) is 41.2 Å². The number of ether oxygens (including phenoxy) is 1. The number of para-hydroxylation sites is 1. The molecule has 7 heteroatoms. The van der Waals surface area contributed by atoms with Gasteiger partial charge in [-0.25, -0.2) is 4.68 Å². The molecular formula is C18H24N4O3. The van der Waals surface area contributed by atoms with Gasteiger partial charge in [0.1, 0.15) is 0 Å². The summed E-state index contributed by atoms with van der Waals surface area (Å²) >= 11 is 0. The number of nitrogens with zero attached hydrogens (tertiary/aromatic N) is 4. The van der Waals surface area contributed by atoms with E-state index < -0.39 is 5.97 Å². The van der Waals surface area contributed by atoms with Crippen LogP contribution < -0.4 is 0 Å². The lowest BCUT2D eigenvalue weighted by atomic mass is 10.2. The lowest BCUT2D eigenvalue weighted by molar-refractivity contribution is -0.138. The largest absolute Gasteiger partial charge is 0.480 e. The highest BCUT2D eigenvalue weighted by molar-refractivity contribution is 5.69. The smallest absolute Gasteiger partial charge is 0.317 e. The number of hydrogen-bond acceptors (Lipinski definition) is 5. The van der Waals surface area contributed by atoms with Gasteiger partial charge in [0.15, 0.2) is 0 Å². The number of carboxylic acid groups (broad SMARTS) is 1. The van der Waals surface area contributed by atoms with Gasteiger partial charge < -0.3 is 9.84 Å². The van der Waals surface area contributed by atoms with Crippen LogP contribution in [0.25, 0.3) is 5.69 Å². The van der Waals surface area contributed by atoms with Gasteiger partial charge in [0.05, 0.1) is 31.1 Å². The fraction of sp³-hybridized carbons (Fsp3) is 0.444. The van der Waals surface area contributed by atoms with Crippen molar-refractivity contribution < 1.29 is 14.6 Å². The topological polar surface area (TPSA) is 70.8 Å². The van der Waals surface area contributed by atoms with Crippen LogP contribution in [-0.2, 0) is 16.1 Å². The Kier molecular flexibility index (Phi) is 5.80. The number of carbonyl (C=O) groups is 1. The maximum Gasteiger partial charge on any atom is 0.317 e. The second-order valence-electron chi connectivity index (χ2n) is 6.45. The standard InChI is InChI=1S/C18H24N4O3/c1-20(14-18(23)24)12-17-13-21(7-8-25-17)10-15-9-19-22(11-15)16-5-3-2-4-6-16/h2-6,9,11,17H,7-8,10,12-14H2,1H3,(H,23,24). The molecule has 3 rings (SSSR count). The zero-order valence-electron chi connectivity index (χ0n) is 14.4. The zero-order chi connectivity index (χ0) is 17.6. The monoisotopic (exact) mass is 344 g/mol. The van der Waals surface area contributed by atoms with Crippen LogP contribution in [0.5, 0.6) is 0 Å². The van der Waals surface area contributed by atoms with Gasteiger partial charge in [-0.2, -0.15) is 5.10 Å². The summed E-state index contributed by atoms with van der Waals surface area (Å²) in [6.45, 7) is 3.79. The van der Waals surface area contributed by atoms with Crippen molar-refractivity contribution in [3.8, 4) is 5.69 Å². The van der Waals surface area contributed by atoms with Crippen LogP contribution in [0.4, 0.5) is 0 Å². The fourth-order valence-electron chi connectivity index (χ4n) is 3.10. The third kappa shape index (κ3) is 5.12. The number of hydrogen-bond donors (Lipinski definition) is 1. The van der Waals surface area contributed by atoms with Gasteiger partial charge in [0, 0.05) is 37.9 Å². The van der Waals surface area contributed by atoms with Gasteiger partial charge in [-0.3, -0.25) is 14.6 Å². The maximum atomic E-state index is 10.8. The molecule has 25 heavy (non-hydrogen) atoms. The Hall–Kier alpha value is -2.22. The molecule has 2 aromatic rings. The first-order valence-corrected chi connectivity index (χ1v) is 8.43. The predicted molar refractivity (Wildman–Crippen MR) is 93.7 cm³/mol. The number of morpholine rings is 1. The summed E-state index contributed by atoms with van der Waals surface area (Å²) in [7, 11) is 1.81. The Morgan fingerprint density at radius 2 is 2.20 bits per heavy atom. The van der Waals surface area contributed by atoms with Crippen molar-refractivity contribution in [3.63, 3.8) is 0 Å². The summed E-state index contributed by atoms with van der Waals surface area (Å²) in [5.74, 6) is -0.816. The Balaban J connectivity index is 1.54. The maximum absolute atomic E-state index is 10.8. The zero-order valence-corrected chi connectivity index (χ0v) is 14.4. The summed E-state index contributed by atoms with van der Waals surface area (Å²) in [6, 6.07) is 10.0. The van der Waals surface area contributed by atoms with Crippen LogP contribution in [-0.4, -0.2) is 76.6 Å². The quantitative estimate of drug-likeness (QED) is 0.811.